The summed E-state index contributed by atoms with van der Waals surface area (Å²) in [5.41, 5.74) is 0. The fraction of sp³-hybridized carbons (Fsp3) is 0.778. The summed E-state index contributed by atoms with van der Waals surface area (Å²) in [4.78, 5) is 0. The third-order valence-electron chi connectivity index (χ3n) is 1.80. The normalized spacial score (nSPS) is 22.2. The van der Waals surface area contributed by atoms with Crippen molar-refractivity contribution in [2.45, 2.75) is 32.2 Å². The monoisotopic (exact) mass is 172 g/mol. The molecule has 3 heteroatoms. The molecule has 1 unspecified atom stereocenters. The van der Waals surface area contributed by atoms with Gasteiger partial charge in [0.15, 0.2) is 6.29 Å². The van der Waals surface area contributed by atoms with Crippen molar-refractivity contribution in [3.8, 4) is 0 Å². The Morgan fingerprint density at radius 1 is 1.50 bits per heavy atom. The number of hydrogen-bond donors (Lipinski definition) is 1. The molecule has 1 rings (SSSR count). The maximum Gasteiger partial charge on any atom is 0.157 e. The van der Waals surface area contributed by atoms with Gasteiger partial charge in [0.05, 0.1) is 19.3 Å². The van der Waals surface area contributed by atoms with Crippen molar-refractivity contribution in [1.29, 1.82) is 0 Å². The Kier molecular flexibility index (Phi) is 4.29. The Bertz CT molecular complexity index is 139. The van der Waals surface area contributed by atoms with E-state index < -0.39 is 0 Å². The van der Waals surface area contributed by atoms with Crippen LogP contribution in [0.4, 0.5) is 0 Å². The van der Waals surface area contributed by atoms with Crippen LogP contribution in [0.3, 0.4) is 0 Å². The van der Waals surface area contributed by atoms with E-state index in [0.717, 1.165) is 6.42 Å². The Morgan fingerprint density at radius 3 is 2.75 bits per heavy atom. The van der Waals surface area contributed by atoms with Gasteiger partial charge in [0.2, 0.25) is 0 Å². The minimum absolute atomic E-state index is 0.0927. The standard InChI is InChI=1S/C9H16O3/c1-2-3-8(10)4-5-9-11-6-7-12-9/h2-3,8-10H,4-7H2,1H3/b3-2+. The largest absolute Gasteiger partial charge is 0.389 e. The van der Waals surface area contributed by atoms with Crippen LogP contribution in [0.25, 0.3) is 0 Å². The number of rotatable bonds is 4. The van der Waals surface area contributed by atoms with Gasteiger partial charge in [-0.25, -0.2) is 0 Å². The first-order valence-electron chi connectivity index (χ1n) is 4.37. The number of hydrogen-bond acceptors (Lipinski definition) is 3. The predicted octanol–water partition coefficient (Wildman–Crippen LogP) is 1.08. The molecule has 1 atom stereocenters. The molecular weight excluding hydrogens is 156 g/mol. The summed E-state index contributed by atoms with van der Waals surface area (Å²) >= 11 is 0. The highest BCUT2D eigenvalue weighted by molar-refractivity contribution is 4.85. The summed E-state index contributed by atoms with van der Waals surface area (Å²) in [6.45, 7) is 3.26. The highest BCUT2D eigenvalue weighted by Crippen LogP contribution is 2.11. The van der Waals surface area contributed by atoms with E-state index in [-0.39, 0.29) is 12.4 Å². The number of allylic oxidation sites excluding steroid dienone is 1. The van der Waals surface area contributed by atoms with Crippen molar-refractivity contribution in [2.75, 3.05) is 13.2 Å². The molecular formula is C9H16O3. The van der Waals surface area contributed by atoms with Crippen molar-refractivity contribution in [3.63, 3.8) is 0 Å². The number of aliphatic hydroxyl groups excluding tert-OH is 1. The van der Waals surface area contributed by atoms with E-state index in [9.17, 15) is 5.11 Å². The molecule has 12 heavy (non-hydrogen) atoms. The molecule has 0 saturated carbocycles. The van der Waals surface area contributed by atoms with Crippen LogP contribution in [-0.4, -0.2) is 30.7 Å². The Morgan fingerprint density at radius 2 is 2.17 bits per heavy atom. The summed E-state index contributed by atoms with van der Waals surface area (Å²) in [6.07, 6.45) is 4.64. The molecule has 0 aromatic carbocycles. The molecule has 0 aliphatic carbocycles. The van der Waals surface area contributed by atoms with E-state index in [4.69, 9.17) is 9.47 Å². The van der Waals surface area contributed by atoms with Crippen LogP contribution < -0.4 is 0 Å². The molecule has 1 saturated heterocycles. The topological polar surface area (TPSA) is 38.7 Å². The van der Waals surface area contributed by atoms with E-state index in [0.29, 0.717) is 19.6 Å². The van der Waals surface area contributed by atoms with Crippen LogP contribution in [0.1, 0.15) is 19.8 Å². The van der Waals surface area contributed by atoms with Crippen LogP contribution in [0, 0.1) is 0 Å². The second kappa shape index (κ2) is 5.30. The van der Waals surface area contributed by atoms with Gasteiger partial charge in [0.25, 0.3) is 0 Å². The Balaban J connectivity index is 2.07. The molecule has 1 N–H and O–H groups in total. The highest BCUT2D eigenvalue weighted by Gasteiger charge is 2.16. The fourth-order valence-corrected chi connectivity index (χ4v) is 1.20. The van der Waals surface area contributed by atoms with Crippen molar-refractivity contribution >= 4 is 0 Å². The maximum absolute atomic E-state index is 9.31. The lowest BCUT2D eigenvalue weighted by Crippen LogP contribution is -2.12. The summed E-state index contributed by atoms with van der Waals surface area (Å²) in [6, 6.07) is 0. The Hall–Kier alpha value is -0.380. The molecule has 70 valence electrons. The summed E-state index contributed by atoms with van der Waals surface area (Å²) in [7, 11) is 0. The molecule has 0 amide bonds. The van der Waals surface area contributed by atoms with Gasteiger partial charge in [-0.1, -0.05) is 12.2 Å². The molecule has 1 fully saturated rings. The minimum Gasteiger partial charge on any atom is -0.389 e. The Labute approximate surface area is 73.0 Å². The van der Waals surface area contributed by atoms with Crippen molar-refractivity contribution in [3.05, 3.63) is 12.2 Å². The molecule has 0 aromatic heterocycles. The average Bonchev–Trinajstić information content (AvgIpc) is 2.53. The first kappa shape index (κ1) is 9.71. The maximum atomic E-state index is 9.31. The van der Waals surface area contributed by atoms with Crippen LogP contribution in [-0.2, 0) is 9.47 Å². The lowest BCUT2D eigenvalue weighted by molar-refractivity contribution is -0.0521. The summed E-state index contributed by atoms with van der Waals surface area (Å²) in [5.74, 6) is 0. The molecule has 0 spiro atoms. The molecule has 0 radical (unpaired) electrons. The third-order valence-corrected chi connectivity index (χ3v) is 1.80. The average molecular weight is 172 g/mol. The van der Waals surface area contributed by atoms with Gasteiger partial charge in [0.1, 0.15) is 0 Å². The first-order chi connectivity index (χ1) is 5.83. The second-order valence-corrected chi connectivity index (χ2v) is 2.84. The first-order valence-corrected chi connectivity index (χ1v) is 4.37. The highest BCUT2D eigenvalue weighted by atomic mass is 16.7. The van der Waals surface area contributed by atoms with Gasteiger partial charge in [-0.15, -0.1) is 0 Å². The van der Waals surface area contributed by atoms with Crippen LogP contribution in [0.15, 0.2) is 12.2 Å². The SMILES string of the molecule is C/C=C/C(O)CCC1OCCO1. The van der Waals surface area contributed by atoms with E-state index >= 15 is 0 Å². The van der Waals surface area contributed by atoms with Crippen LogP contribution in [0.2, 0.25) is 0 Å². The predicted molar refractivity (Wildman–Crippen MR) is 45.7 cm³/mol. The van der Waals surface area contributed by atoms with E-state index in [1.807, 2.05) is 13.0 Å². The van der Waals surface area contributed by atoms with Gasteiger partial charge >= 0.3 is 0 Å². The third kappa shape index (κ3) is 3.34. The molecule has 3 nitrogen and oxygen atoms in total. The quantitative estimate of drug-likeness (QED) is 0.645. The smallest absolute Gasteiger partial charge is 0.157 e. The number of aliphatic hydroxyl groups is 1. The molecule has 1 heterocycles. The molecule has 0 bridgehead atoms. The number of ether oxygens (including phenoxy) is 2. The zero-order valence-electron chi connectivity index (χ0n) is 7.40. The minimum atomic E-state index is -0.359. The van der Waals surface area contributed by atoms with E-state index in [1.165, 1.54) is 0 Å². The van der Waals surface area contributed by atoms with E-state index in [2.05, 4.69) is 0 Å². The lowest BCUT2D eigenvalue weighted by Gasteiger charge is -2.10. The van der Waals surface area contributed by atoms with Crippen molar-refractivity contribution in [2.24, 2.45) is 0 Å². The van der Waals surface area contributed by atoms with Crippen molar-refractivity contribution < 1.29 is 14.6 Å². The molecule has 1 aliphatic heterocycles. The van der Waals surface area contributed by atoms with Gasteiger partial charge in [-0.3, -0.25) is 0 Å². The zero-order chi connectivity index (χ0) is 8.81. The lowest BCUT2D eigenvalue weighted by atomic mass is 10.2. The zero-order valence-corrected chi connectivity index (χ0v) is 7.40. The summed E-state index contributed by atoms with van der Waals surface area (Å²) in [5, 5.41) is 9.31. The van der Waals surface area contributed by atoms with Crippen molar-refractivity contribution in [1.82, 2.24) is 0 Å². The van der Waals surface area contributed by atoms with Gasteiger partial charge in [-0.2, -0.15) is 0 Å². The van der Waals surface area contributed by atoms with Crippen LogP contribution in [0.5, 0.6) is 0 Å². The van der Waals surface area contributed by atoms with E-state index in [1.54, 1.807) is 6.08 Å². The van der Waals surface area contributed by atoms with Gasteiger partial charge < -0.3 is 14.6 Å². The second-order valence-electron chi connectivity index (χ2n) is 2.84. The molecule has 0 aromatic rings. The van der Waals surface area contributed by atoms with Crippen LogP contribution >= 0.6 is 0 Å². The van der Waals surface area contributed by atoms with Gasteiger partial charge in [-0.05, 0) is 13.3 Å². The molecule has 1 aliphatic rings. The fourth-order valence-electron chi connectivity index (χ4n) is 1.20. The summed E-state index contributed by atoms with van der Waals surface area (Å²) < 4.78 is 10.4. The van der Waals surface area contributed by atoms with Gasteiger partial charge in [0, 0.05) is 6.42 Å².